The fraction of sp³-hybridized carbons (Fsp3) is 0.444. The van der Waals surface area contributed by atoms with E-state index in [2.05, 4.69) is 15.9 Å². The third kappa shape index (κ3) is 2.64. The molecule has 0 aliphatic carbocycles. The lowest BCUT2D eigenvalue weighted by molar-refractivity contribution is 0.119. The van der Waals surface area contributed by atoms with Gasteiger partial charge in [0.25, 0.3) is 5.56 Å². The number of hydrogen-bond donors (Lipinski definition) is 0. The van der Waals surface area contributed by atoms with Crippen molar-refractivity contribution in [1.82, 2.24) is 4.57 Å². The highest BCUT2D eigenvalue weighted by atomic mass is 79.9. The van der Waals surface area contributed by atoms with E-state index in [0.29, 0.717) is 4.47 Å². The monoisotopic (exact) mass is 265 g/mol. The Hall–Kier alpha value is -0.710. The molecule has 1 aromatic heterocycles. The lowest BCUT2D eigenvalue weighted by Crippen LogP contribution is -2.24. The highest BCUT2D eigenvalue weighted by Gasteiger charge is 2.13. The number of alkyl halides is 2. The minimum absolute atomic E-state index is 0.277. The Labute approximate surface area is 88.7 Å². The first-order valence-corrected chi connectivity index (χ1v) is 4.96. The largest absolute Gasteiger partial charge is 0.312 e. The number of rotatable bonds is 3. The van der Waals surface area contributed by atoms with Crippen molar-refractivity contribution in [2.45, 2.75) is 25.8 Å². The summed E-state index contributed by atoms with van der Waals surface area (Å²) in [6.45, 7) is 1.60. The van der Waals surface area contributed by atoms with Crippen LogP contribution in [0, 0.1) is 0 Å². The number of halogens is 3. The van der Waals surface area contributed by atoms with Crippen molar-refractivity contribution in [2.24, 2.45) is 0 Å². The Balaban J connectivity index is 2.96. The van der Waals surface area contributed by atoms with Gasteiger partial charge in [0.05, 0.1) is 4.47 Å². The average molecular weight is 266 g/mol. The lowest BCUT2D eigenvalue weighted by Gasteiger charge is -2.14. The molecular formula is C9H10BrF2NO. The third-order valence-electron chi connectivity index (χ3n) is 1.92. The molecule has 0 aliphatic rings. The maximum Gasteiger partial charge on any atom is 0.265 e. The summed E-state index contributed by atoms with van der Waals surface area (Å²) in [5.41, 5.74) is -0.277. The number of aromatic nitrogens is 1. The van der Waals surface area contributed by atoms with Gasteiger partial charge in [0.2, 0.25) is 6.43 Å². The van der Waals surface area contributed by atoms with Gasteiger partial charge in [-0.15, -0.1) is 0 Å². The molecule has 1 atom stereocenters. The van der Waals surface area contributed by atoms with Crippen LogP contribution in [0.15, 0.2) is 27.6 Å². The highest BCUT2D eigenvalue weighted by Crippen LogP contribution is 2.14. The Bertz CT molecular complexity index is 364. The summed E-state index contributed by atoms with van der Waals surface area (Å²) in [6, 6.07) is 2.75. The minimum atomic E-state index is -2.39. The molecule has 0 bridgehead atoms. The Morgan fingerprint density at radius 2 is 2.21 bits per heavy atom. The predicted octanol–water partition coefficient (Wildman–Crippen LogP) is 2.83. The van der Waals surface area contributed by atoms with Crippen molar-refractivity contribution in [3.8, 4) is 0 Å². The van der Waals surface area contributed by atoms with Gasteiger partial charge in [-0.2, -0.15) is 0 Å². The molecule has 1 rings (SSSR count). The van der Waals surface area contributed by atoms with Crippen molar-refractivity contribution in [3.05, 3.63) is 33.2 Å². The molecule has 0 amide bonds. The normalized spacial score (nSPS) is 13.2. The van der Waals surface area contributed by atoms with Crippen molar-refractivity contribution < 1.29 is 8.78 Å². The van der Waals surface area contributed by atoms with Crippen LogP contribution >= 0.6 is 15.9 Å². The lowest BCUT2D eigenvalue weighted by atomic mass is 10.2. The van der Waals surface area contributed by atoms with Gasteiger partial charge in [0.1, 0.15) is 0 Å². The van der Waals surface area contributed by atoms with E-state index in [4.69, 9.17) is 0 Å². The summed E-state index contributed by atoms with van der Waals surface area (Å²) in [5, 5.41) is 0. The van der Waals surface area contributed by atoms with Crippen LogP contribution in [0.3, 0.4) is 0 Å². The molecule has 5 heteroatoms. The van der Waals surface area contributed by atoms with Gasteiger partial charge in [-0.3, -0.25) is 4.79 Å². The second kappa shape index (κ2) is 4.68. The molecule has 2 nitrogen and oxygen atoms in total. The zero-order chi connectivity index (χ0) is 10.7. The first-order chi connectivity index (χ1) is 6.52. The molecule has 1 heterocycles. The predicted molar refractivity (Wildman–Crippen MR) is 53.7 cm³/mol. The first kappa shape index (κ1) is 11.4. The zero-order valence-corrected chi connectivity index (χ0v) is 9.17. The van der Waals surface area contributed by atoms with Crippen molar-refractivity contribution in [2.75, 3.05) is 0 Å². The molecule has 0 N–H and O–H groups in total. The van der Waals surface area contributed by atoms with Gasteiger partial charge in [0.15, 0.2) is 0 Å². The number of nitrogens with zero attached hydrogens (tertiary/aromatic N) is 1. The Morgan fingerprint density at radius 3 is 2.79 bits per heavy atom. The van der Waals surface area contributed by atoms with Gasteiger partial charge in [-0.1, -0.05) is 0 Å². The highest BCUT2D eigenvalue weighted by molar-refractivity contribution is 9.10. The molecule has 0 saturated heterocycles. The topological polar surface area (TPSA) is 22.0 Å². The molecule has 78 valence electrons. The van der Waals surface area contributed by atoms with Crippen LogP contribution in [0.1, 0.15) is 19.4 Å². The average Bonchev–Trinajstić information content (AvgIpc) is 2.08. The van der Waals surface area contributed by atoms with Gasteiger partial charge < -0.3 is 4.57 Å². The van der Waals surface area contributed by atoms with E-state index >= 15 is 0 Å². The number of pyridine rings is 1. The van der Waals surface area contributed by atoms with Crippen LogP contribution in [0.4, 0.5) is 8.78 Å². The van der Waals surface area contributed by atoms with Crippen LogP contribution in [-0.4, -0.2) is 11.0 Å². The van der Waals surface area contributed by atoms with Gasteiger partial charge in [-0.25, -0.2) is 8.78 Å². The van der Waals surface area contributed by atoms with Gasteiger partial charge in [-0.05, 0) is 35.0 Å². The van der Waals surface area contributed by atoms with E-state index in [1.165, 1.54) is 10.8 Å². The van der Waals surface area contributed by atoms with Crippen molar-refractivity contribution >= 4 is 15.9 Å². The minimum Gasteiger partial charge on any atom is -0.312 e. The molecule has 0 radical (unpaired) electrons. The Kier molecular flexibility index (Phi) is 3.80. The summed E-state index contributed by atoms with van der Waals surface area (Å²) in [7, 11) is 0. The van der Waals surface area contributed by atoms with E-state index in [1.54, 1.807) is 19.1 Å². The molecule has 0 aromatic carbocycles. The van der Waals surface area contributed by atoms with Crippen LogP contribution in [0.5, 0.6) is 0 Å². The third-order valence-corrected chi connectivity index (χ3v) is 2.53. The molecule has 0 spiro atoms. The van der Waals surface area contributed by atoms with Crippen molar-refractivity contribution in [1.29, 1.82) is 0 Å². The SMILES string of the molecule is CC(CC(F)F)n1cccc(Br)c1=O. The summed E-state index contributed by atoms with van der Waals surface area (Å²) in [5.74, 6) is 0. The van der Waals surface area contributed by atoms with Crippen molar-refractivity contribution in [3.63, 3.8) is 0 Å². The van der Waals surface area contributed by atoms with Crippen LogP contribution in [0.25, 0.3) is 0 Å². The number of hydrogen-bond acceptors (Lipinski definition) is 1. The summed E-state index contributed by atoms with van der Waals surface area (Å²) in [6.07, 6.45) is -1.19. The quantitative estimate of drug-likeness (QED) is 0.824. The zero-order valence-electron chi connectivity index (χ0n) is 7.58. The fourth-order valence-corrected chi connectivity index (χ4v) is 1.56. The summed E-state index contributed by atoms with van der Waals surface area (Å²) < 4.78 is 25.8. The van der Waals surface area contributed by atoms with Gasteiger partial charge in [0, 0.05) is 18.7 Å². The standard InChI is InChI=1S/C9H10BrF2NO/c1-6(5-8(11)12)13-4-2-3-7(10)9(13)14/h2-4,6,8H,5H2,1H3. The van der Waals surface area contributed by atoms with Crippen LogP contribution < -0.4 is 5.56 Å². The first-order valence-electron chi connectivity index (χ1n) is 4.17. The van der Waals surface area contributed by atoms with E-state index in [-0.39, 0.29) is 12.0 Å². The fourth-order valence-electron chi connectivity index (χ4n) is 1.20. The van der Waals surface area contributed by atoms with E-state index in [0.717, 1.165) is 0 Å². The van der Waals surface area contributed by atoms with E-state index in [1.807, 2.05) is 0 Å². The van der Waals surface area contributed by atoms with Crippen LogP contribution in [0.2, 0.25) is 0 Å². The molecule has 0 fully saturated rings. The molecule has 14 heavy (non-hydrogen) atoms. The Morgan fingerprint density at radius 1 is 1.57 bits per heavy atom. The van der Waals surface area contributed by atoms with E-state index in [9.17, 15) is 13.6 Å². The molecule has 0 aliphatic heterocycles. The summed E-state index contributed by atoms with van der Waals surface area (Å²) >= 11 is 3.06. The van der Waals surface area contributed by atoms with Crippen LogP contribution in [-0.2, 0) is 0 Å². The molecule has 1 aromatic rings. The summed E-state index contributed by atoms with van der Waals surface area (Å²) in [4.78, 5) is 11.5. The molecule has 0 saturated carbocycles. The molecular weight excluding hydrogens is 256 g/mol. The van der Waals surface area contributed by atoms with E-state index < -0.39 is 12.5 Å². The maximum atomic E-state index is 12.1. The smallest absolute Gasteiger partial charge is 0.265 e. The van der Waals surface area contributed by atoms with Gasteiger partial charge >= 0.3 is 0 Å². The second-order valence-corrected chi connectivity index (χ2v) is 3.90. The second-order valence-electron chi connectivity index (χ2n) is 3.04. The molecule has 1 unspecified atom stereocenters. The maximum absolute atomic E-state index is 12.1.